The molecule has 0 bridgehead atoms. The zero-order valence-electron chi connectivity index (χ0n) is 8.91. The summed E-state index contributed by atoms with van der Waals surface area (Å²) in [5, 5.41) is 0. The smallest absolute Gasteiger partial charge is 0.0390 e. The molecular formula is C13H14N2S. The van der Waals surface area contributed by atoms with Crippen LogP contribution in [0.5, 0.6) is 0 Å². The molecule has 1 heterocycles. The van der Waals surface area contributed by atoms with Gasteiger partial charge >= 0.3 is 0 Å². The van der Waals surface area contributed by atoms with Crippen LogP contribution in [0.2, 0.25) is 0 Å². The molecule has 2 N–H and O–H groups in total. The van der Waals surface area contributed by atoms with Crippen LogP contribution in [0.25, 0.3) is 0 Å². The lowest BCUT2D eigenvalue weighted by molar-refractivity contribution is 0.831. The molecule has 0 amide bonds. The van der Waals surface area contributed by atoms with Crippen LogP contribution in [-0.2, 0) is 0 Å². The lowest BCUT2D eigenvalue weighted by Crippen LogP contribution is -2.12. The molecule has 2 rings (SSSR count). The highest BCUT2D eigenvalue weighted by Crippen LogP contribution is 2.22. The summed E-state index contributed by atoms with van der Waals surface area (Å²) in [6.07, 6.45) is 3.60. The van der Waals surface area contributed by atoms with Gasteiger partial charge in [-0.2, -0.15) is 0 Å². The summed E-state index contributed by atoms with van der Waals surface area (Å²) in [5.41, 5.74) is 7.29. The molecule has 2 aromatic rings. The quantitative estimate of drug-likeness (QED) is 0.821. The minimum atomic E-state index is 0.0827. The average Bonchev–Trinajstić information content (AvgIpc) is 2.38. The predicted molar refractivity (Wildman–Crippen MR) is 68.3 cm³/mol. The van der Waals surface area contributed by atoms with Crippen LogP contribution in [0.15, 0.2) is 59.8 Å². The SMILES string of the molecule is NC(CSc1ccncc1)c1ccccc1. The standard InChI is InChI=1S/C13H14N2S/c14-13(11-4-2-1-3-5-11)10-16-12-6-8-15-9-7-12/h1-9,13H,10,14H2. The first-order valence-corrected chi connectivity index (χ1v) is 6.18. The Hall–Kier alpha value is -1.32. The fourth-order valence-electron chi connectivity index (χ4n) is 1.42. The molecule has 0 saturated heterocycles. The van der Waals surface area contributed by atoms with E-state index in [1.165, 1.54) is 10.5 Å². The van der Waals surface area contributed by atoms with E-state index in [-0.39, 0.29) is 6.04 Å². The van der Waals surface area contributed by atoms with Crippen LogP contribution in [0.4, 0.5) is 0 Å². The topological polar surface area (TPSA) is 38.9 Å². The van der Waals surface area contributed by atoms with Gasteiger partial charge < -0.3 is 5.73 Å². The van der Waals surface area contributed by atoms with Crippen molar-refractivity contribution >= 4 is 11.8 Å². The molecule has 1 unspecified atom stereocenters. The van der Waals surface area contributed by atoms with Crippen LogP contribution in [0, 0.1) is 0 Å². The van der Waals surface area contributed by atoms with E-state index in [9.17, 15) is 0 Å². The average molecular weight is 230 g/mol. The predicted octanol–water partition coefficient (Wildman–Crippen LogP) is 2.87. The van der Waals surface area contributed by atoms with E-state index >= 15 is 0 Å². The summed E-state index contributed by atoms with van der Waals surface area (Å²) in [5.74, 6) is 0.883. The van der Waals surface area contributed by atoms with Crippen molar-refractivity contribution < 1.29 is 0 Å². The van der Waals surface area contributed by atoms with Crippen molar-refractivity contribution in [2.75, 3.05) is 5.75 Å². The number of nitrogens with zero attached hydrogens (tertiary/aromatic N) is 1. The first-order chi connectivity index (χ1) is 7.86. The third-order valence-corrected chi connectivity index (χ3v) is 3.44. The molecule has 0 aliphatic carbocycles. The van der Waals surface area contributed by atoms with E-state index in [1.807, 2.05) is 30.3 Å². The van der Waals surface area contributed by atoms with Crippen LogP contribution in [-0.4, -0.2) is 10.7 Å². The van der Waals surface area contributed by atoms with Gasteiger partial charge in [-0.15, -0.1) is 11.8 Å². The Morgan fingerprint density at radius 1 is 1.06 bits per heavy atom. The number of benzene rings is 1. The molecule has 1 aromatic heterocycles. The van der Waals surface area contributed by atoms with Crippen molar-refractivity contribution in [3.05, 3.63) is 60.4 Å². The number of hydrogen-bond acceptors (Lipinski definition) is 3. The Kier molecular flexibility index (Phi) is 3.97. The molecule has 0 aliphatic heterocycles. The van der Waals surface area contributed by atoms with E-state index in [2.05, 4.69) is 17.1 Å². The summed E-state index contributed by atoms with van der Waals surface area (Å²) >= 11 is 1.76. The summed E-state index contributed by atoms with van der Waals surface area (Å²) < 4.78 is 0. The Labute approximate surface area is 99.9 Å². The molecular weight excluding hydrogens is 216 g/mol. The van der Waals surface area contributed by atoms with E-state index in [1.54, 1.807) is 24.2 Å². The van der Waals surface area contributed by atoms with Gasteiger partial charge in [0.1, 0.15) is 0 Å². The maximum atomic E-state index is 6.11. The largest absolute Gasteiger partial charge is 0.323 e. The lowest BCUT2D eigenvalue weighted by Gasteiger charge is -2.11. The Bertz CT molecular complexity index is 416. The highest BCUT2D eigenvalue weighted by Gasteiger charge is 2.05. The number of rotatable bonds is 4. The second-order valence-corrected chi connectivity index (χ2v) is 4.60. The molecule has 0 saturated carbocycles. The van der Waals surface area contributed by atoms with Crippen molar-refractivity contribution in [2.45, 2.75) is 10.9 Å². The highest BCUT2D eigenvalue weighted by molar-refractivity contribution is 7.99. The van der Waals surface area contributed by atoms with Gasteiger partial charge in [0.25, 0.3) is 0 Å². The van der Waals surface area contributed by atoms with Gasteiger partial charge in [0.05, 0.1) is 0 Å². The Morgan fingerprint density at radius 3 is 2.44 bits per heavy atom. The Balaban J connectivity index is 1.92. The lowest BCUT2D eigenvalue weighted by atomic mass is 10.1. The zero-order chi connectivity index (χ0) is 11.2. The number of nitrogens with two attached hydrogens (primary N) is 1. The zero-order valence-corrected chi connectivity index (χ0v) is 9.73. The molecule has 0 radical (unpaired) electrons. The second kappa shape index (κ2) is 5.68. The fraction of sp³-hybridized carbons (Fsp3) is 0.154. The minimum Gasteiger partial charge on any atom is -0.323 e. The van der Waals surface area contributed by atoms with Crippen LogP contribution in [0.1, 0.15) is 11.6 Å². The van der Waals surface area contributed by atoms with Crippen molar-refractivity contribution in [2.24, 2.45) is 5.73 Å². The first kappa shape index (κ1) is 11.2. The number of pyridine rings is 1. The van der Waals surface area contributed by atoms with Crippen LogP contribution < -0.4 is 5.73 Å². The van der Waals surface area contributed by atoms with E-state index in [0.29, 0.717) is 0 Å². The van der Waals surface area contributed by atoms with Gasteiger partial charge in [-0.25, -0.2) is 0 Å². The van der Waals surface area contributed by atoms with Crippen LogP contribution >= 0.6 is 11.8 Å². The summed E-state index contributed by atoms with van der Waals surface area (Å²) in [6.45, 7) is 0. The summed E-state index contributed by atoms with van der Waals surface area (Å²) in [4.78, 5) is 5.20. The number of aromatic nitrogens is 1. The Morgan fingerprint density at radius 2 is 1.75 bits per heavy atom. The second-order valence-electron chi connectivity index (χ2n) is 3.51. The van der Waals surface area contributed by atoms with E-state index in [0.717, 1.165) is 5.75 Å². The fourth-order valence-corrected chi connectivity index (χ4v) is 2.30. The highest BCUT2D eigenvalue weighted by atomic mass is 32.2. The van der Waals surface area contributed by atoms with Gasteiger partial charge in [-0.3, -0.25) is 4.98 Å². The molecule has 0 fully saturated rings. The minimum absolute atomic E-state index is 0.0827. The maximum Gasteiger partial charge on any atom is 0.0390 e. The van der Waals surface area contributed by atoms with E-state index < -0.39 is 0 Å². The number of thioether (sulfide) groups is 1. The molecule has 2 nitrogen and oxygen atoms in total. The molecule has 1 aromatic carbocycles. The van der Waals surface area contributed by atoms with Crippen molar-refractivity contribution in [1.29, 1.82) is 0 Å². The van der Waals surface area contributed by atoms with Gasteiger partial charge in [0.2, 0.25) is 0 Å². The molecule has 82 valence electrons. The molecule has 3 heteroatoms. The molecule has 0 spiro atoms. The third kappa shape index (κ3) is 3.08. The van der Waals surface area contributed by atoms with Crippen LogP contribution in [0.3, 0.4) is 0 Å². The normalized spacial score (nSPS) is 12.3. The first-order valence-electron chi connectivity index (χ1n) is 5.19. The monoisotopic (exact) mass is 230 g/mol. The van der Waals surface area contributed by atoms with Gasteiger partial charge in [-0.1, -0.05) is 30.3 Å². The summed E-state index contributed by atoms with van der Waals surface area (Å²) in [6, 6.07) is 14.3. The van der Waals surface area contributed by atoms with E-state index in [4.69, 9.17) is 5.73 Å². The molecule has 0 aliphatic rings. The molecule has 16 heavy (non-hydrogen) atoms. The van der Waals surface area contributed by atoms with Gasteiger partial charge in [-0.05, 0) is 17.7 Å². The van der Waals surface area contributed by atoms with Crippen molar-refractivity contribution in [3.8, 4) is 0 Å². The van der Waals surface area contributed by atoms with Crippen molar-refractivity contribution in [3.63, 3.8) is 0 Å². The number of hydrogen-bond donors (Lipinski definition) is 1. The van der Waals surface area contributed by atoms with Gasteiger partial charge in [0, 0.05) is 29.1 Å². The summed E-state index contributed by atoms with van der Waals surface area (Å²) in [7, 11) is 0. The van der Waals surface area contributed by atoms with Crippen molar-refractivity contribution in [1.82, 2.24) is 4.98 Å². The maximum absolute atomic E-state index is 6.11. The van der Waals surface area contributed by atoms with Gasteiger partial charge in [0.15, 0.2) is 0 Å². The molecule has 1 atom stereocenters. The third-order valence-electron chi connectivity index (χ3n) is 2.31.